The highest BCUT2D eigenvalue weighted by atomic mass is 32.1. The van der Waals surface area contributed by atoms with E-state index in [0.717, 1.165) is 16.0 Å². The minimum atomic E-state index is -1.39. The van der Waals surface area contributed by atoms with Crippen LogP contribution in [0.2, 0.25) is 0 Å². The quantitative estimate of drug-likeness (QED) is 0.243. The van der Waals surface area contributed by atoms with Crippen molar-refractivity contribution in [3.05, 3.63) is 95.1 Å². The third-order valence-corrected chi connectivity index (χ3v) is 8.61. The van der Waals surface area contributed by atoms with Gasteiger partial charge in [-0.2, -0.15) is 0 Å². The first-order chi connectivity index (χ1) is 20.8. The number of Topliss-reactive ketones (excluding diaryl/α,β-unsaturated/α-hetero) is 1. The van der Waals surface area contributed by atoms with Crippen molar-refractivity contribution in [3.63, 3.8) is 0 Å². The molecule has 2 aromatic heterocycles. The largest absolute Gasteiger partial charge is 0.486 e. The van der Waals surface area contributed by atoms with Crippen molar-refractivity contribution < 1.29 is 34.4 Å². The fourth-order valence-corrected chi connectivity index (χ4v) is 6.44. The number of ketones is 1. The predicted molar refractivity (Wildman–Crippen MR) is 154 cm³/mol. The summed E-state index contributed by atoms with van der Waals surface area (Å²) in [6.45, 7) is 2.15. The predicted octanol–water partition coefficient (Wildman–Crippen LogP) is 2.02. The molecule has 1 spiro atoms. The van der Waals surface area contributed by atoms with E-state index in [1.54, 1.807) is 18.3 Å². The fraction of sp³-hybridized carbons (Fsp3) is 0.333. The van der Waals surface area contributed by atoms with Gasteiger partial charge >= 0.3 is 0 Å². The molecule has 3 aliphatic heterocycles. The Morgan fingerprint density at radius 1 is 1.12 bits per heavy atom. The third kappa shape index (κ3) is 4.55. The van der Waals surface area contributed by atoms with Crippen molar-refractivity contribution in [1.29, 1.82) is 0 Å². The van der Waals surface area contributed by atoms with Gasteiger partial charge in [-0.15, -0.1) is 17.7 Å². The number of carbonyl (C=O) groups excluding carboxylic acids is 1. The van der Waals surface area contributed by atoms with E-state index in [2.05, 4.69) is 15.5 Å². The van der Waals surface area contributed by atoms with E-state index >= 15 is 0 Å². The summed E-state index contributed by atoms with van der Waals surface area (Å²) in [6, 6.07) is 16.9. The maximum absolute atomic E-state index is 13.9. The molecule has 1 fully saturated rings. The Hall–Kier alpha value is -4.01. The van der Waals surface area contributed by atoms with Gasteiger partial charge in [-0.1, -0.05) is 40.2 Å². The molecule has 5 heterocycles. The Morgan fingerprint density at radius 2 is 1.95 bits per heavy atom. The van der Waals surface area contributed by atoms with Crippen molar-refractivity contribution in [2.75, 3.05) is 6.61 Å². The van der Waals surface area contributed by atoms with Crippen LogP contribution in [0.5, 0.6) is 5.75 Å². The van der Waals surface area contributed by atoms with Gasteiger partial charge in [0.05, 0.1) is 31.0 Å². The standard InChI is InChI=1S/C30H29N5O7S/c1-16-8-9-19(23(43)11-16)24-25(32-42-30(24)15-34-10-4-6-20(34)28(30)39)18-5-2-3-7-22(18)40-13-17-12-35(33-31-17)29-27(38)26(37)21(36)14-41-29/h2-12,21,24,26-27,29,36-38,43H,13-15H2,1H3/t21-,24?,26-,27+,29-,30?/m0/s1. The molecule has 2 aromatic carbocycles. The van der Waals surface area contributed by atoms with Gasteiger partial charge in [-0.3, -0.25) is 4.79 Å². The molecule has 13 heteroatoms. The van der Waals surface area contributed by atoms with Crippen molar-refractivity contribution in [2.24, 2.45) is 5.16 Å². The fourth-order valence-electron chi connectivity index (χ4n) is 6.03. The Kier molecular flexibility index (Phi) is 6.86. The molecule has 7 rings (SSSR count). The smallest absolute Gasteiger partial charge is 0.231 e. The van der Waals surface area contributed by atoms with Crippen LogP contribution in [0.15, 0.2) is 77.0 Å². The summed E-state index contributed by atoms with van der Waals surface area (Å²) in [5.41, 5.74) is 2.79. The van der Waals surface area contributed by atoms with Crippen LogP contribution in [-0.4, -0.2) is 76.9 Å². The number of rotatable bonds is 6. The first-order valence-corrected chi connectivity index (χ1v) is 14.3. The second-order valence-electron chi connectivity index (χ2n) is 11.1. The Labute approximate surface area is 251 Å². The van der Waals surface area contributed by atoms with E-state index in [9.17, 15) is 20.1 Å². The number of hydrogen-bond donors (Lipinski definition) is 4. The van der Waals surface area contributed by atoms with Crippen molar-refractivity contribution in [2.45, 2.75) is 61.0 Å². The van der Waals surface area contributed by atoms with Crippen LogP contribution in [0.25, 0.3) is 0 Å². The molecule has 0 aliphatic carbocycles. The molecule has 0 amide bonds. The van der Waals surface area contributed by atoms with Gasteiger partial charge in [0.1, 0.15) is 42.1 Å². The summed E-state index contributed by atoms with van der Waals surface area (Å²) in [5.74, 6) is -0.216. The third-order valence-electron chi connectivity index (χ3n) is 8.23. The zero-order valence-corrected chi connectivity index (χ0v) is 23.9. The number of carbonyl (C=O) groups is 1. The number of aliphatic hydroxyl groups is 3. The van der Waals surface area contributed by atoms with Gasteiger partial charge < -0.3 is 34.2 Å². The number of fused-ring (bicyclic) bond motifs is 1. The van der Waals surface area contributed by atoms with Gasteiger partial charge in [0.25, 0.3) is 0 Å². The molecule has 6 atom stereocenters. The van der Waals surface area contributed by atoms with Crippen molar-refractivity contribution in [3.8, 4) is 5.75 Å². The van der Waals surface area contributed by atoms with Crippen LogP contribution < -0.4 is 4.74 Å². The second-order valence-corrected chi connectivity index (χ2v) is 11.5. The van der Waals surface area contributed by atoms with Crippen LogP contribution in [-0.2, 0) is 22.7 Å². The lowest BCUT2D eigenvalue weighted by Crippen LogP contribution is -2.50. The highest BCUT2D eigenvalue weighted by Crippen LogP contribution is 2.49. The van der Waals surface area contributed by atoms with E-state index in [4.69, 9.17) is 26.9 Å². The maximum Gasteiger partial charge on any atom is 0.231 e. The Bertz CT molecular complexity index is 1740. The normalized spacial score (nSPS) is 28.2. The van der Waals surface area contributed by atoms with E-state index in [1.807, 2.05) is 60.2 Å². The molecule has 43 heavy (non-hydrogen) atoms. The van der Waals surface area contributed by atoms with Gasteiger partial charge in [0.2, 0.25) is 11.4 Å². The highest BCUT2D eigenvalue weighted by Gasteiger charge is 2.60. The first kappa shape index (κ1) is 27.8. The minimum absolute atomic E-state index is 0.0156. The lowest BCUT2D eigenvalue weighted by atomic mass is 9.75. The number of aryl methyl sites for hydroxylation is 1. The summed E-state index contributed by atoms with van der Waals surface area (Å²) in [4.78, 5) is 20.7. The summed E-state index contributed by atoms with van der Waals surface area (Å²) in [6.07, 6.45) is -1.56. The number of nitrogens with zero attached hydrogens (tertiary/aromatic N) is 5. The molecule has 3 aliphatic rings. The molecular formula is C30H29N5O7S. The second kappa shape index (κ2) is 10.6. The molecule has 4 aromatic rings. The number of aromatic nitrogens is 4. The Balaban J connectivity index is 1.18. The highest BCUT2D eigenvalue weighted by molar-refractivity contribution is 7.80. The van der Waals surface area contributed by atoms with E-state index in [1.165, 1.54) is 4.68 Å². The summed E-state index contributed by atoms with van der Waals surface area (Å²) >= 11 is 4.79. The van der Waals surface area contributed by atoms with Gasteiger partial charge in [-0.05, 0) is 42.8 Å². The average molecular weight is 604 g/mol. The number of hydrogen-bond acceptors (Lipinski definition) is 11. The van der Waals surface area contributed by atoms with Crippen LogP contribution in [0, 0.1) is 6.92 Å². The number of aliphatic hydroxyl groups excluding tert-OH is 3. The SMILES string of the molecule is Cc1ccc(C2C(c3ccccc3OCc3cn([C@H]4OC[C@H](O)[C@H](O)[C@H]4O)nn3)=NOC23Cn2cccc2C3=O)c(S)c1. The molecule has 0 bridgehead atoms. The Morgan fingerprint density at radius 3 is 2.77 bits per heavy atom. The summed E-state index contributed by atoms with van der Waals surface area (Å²) in [7, 11) is 0. The number of benzene rings is 2. The van der Waals surface area contributed by atoms with Crippen molar-refractivity contribution >= 4 is 24.1 Å². The van der Waals surface area contributed by atoms with E-state index in [-0.39, 0.29) is 19.0 Å². The lowest BCUT2D eigenvalue weighted by Gasteiger charge is -2.34. The van der Waals surface area contributed by atoms with Gasteiger partial charge in [-0.25, -0.2) is 4.68 Å². The molecule has 1 saturated heterocycles. The van der Waals surface area contributed by atoms with Crippen molar-refractivity contribution in [1.82, 2.24) is 19.6 Å². The van der Waals surface area contributed by atoms with Crippen LogP contribution in [0.1, 0.15) is 45.0 Å². The van der Waals surface area contributed by atoms with Gasteiger partial charge in [0.15, 0.2) is 6.23 Å². The minimum Gasteiger partial charge on any atom is -0.486 e. The molecule has 12 nitrogen and oxygen atoms in total. The topological polar surface area (TPSA) is 153 Å². The van der Waals surface area contributed by atoms with Crippen LogP contribution in [0.3, 0.4) is 0 Å². The molecule has 222 valence electrons. The number of ether oxygens (including phenoxy) is 2. The monoisotopic (exact) mass is 603 g/mol. The molecular weight excluding hydrogens is 574 g/mol. The maximum atomic E-state index is 13.9. The van der Waals surface area contributed by atoms with Crippen LogP contribution >= 0.6 is 12.6 Å². The lowest BCUT2D eigenvalue weighted by molar-refractivity contribution is -0.214. The number of oxime groups is 1. The first-order valence-electron chi connectivity index (χ1n) is 13.8. The number of thiol groups is 1. The molecule has 2 unspecified atom stereocenters. The average Bonchev–Trinajstić information content (AvgIpc) is 3.78. The molecule has 0 radical (unpaired) electrons. The van der Waals surface area contributed by atoms with Gasteiger partial charge in [0, 0.05) is 16.7 Å². The van der Waals surface area contributed by atoms with Crippen LogP contribution in [0.4, 0.5) is 0 Å². The zero-order valence-electron chi connectivity index (χ0n) is 23.0. The molecule has 0 saturated carbocycles. The van der Waals surface area contributed by atoms with E-state index in [0.29, 0.717) is 35.0 Å². The number of para-hydroxylation sites is 1. The summed E-state index contributed by atoms with van der Waals surface area (Å²) in [5, 5.41) is 42.8. The van der Waals surface area contributed by atoms with E-state index < -0.39 is 36.1 Å². The summed E-state index contributed by atoms with van der Waals surface area (Å²) < 4.78 is 14.8. The zero-order chi connectivity index (χ0) is 29.9. The molecule has 3 N–H and O–H groups in total.